The molecule has 0 amide bonds. The summed E-state index contributed by atoms with van der Waals surface area (Å²) in [6, 6.07) is 7.53. The van der Waals surface area contributed by atoms with E-state index in [1.165, 1.54) is 0 Å². The Bertz CT molecular complexity index is 542. The van der Waals surface area contributed by atoms with Crippen LogP contribution < -0.4 is 15.8 Å². The van der Waals surface area contributed by atoms with Crippen molar-refractivity contribution in [2.75, 3.05) is 18.2 Å². The van der Waals surface area contributed by atoms with Crippen LogP contribution in [0.5, 0.6) is 5.88 Å². The first kappa shape index (κ1) is 12.2. The third-order valence-corrected chi connectivity index (χ3v) is 2.63. The molecule has 2 heterocycles. The van der Waals surface area contributed by atoms with E-state index in [1.807, 2.05) is 31.2 Å². The molecule has 18 heavy (non-hydrogen) atoms. The topological polar surface area (TPSA) is 73.1 Å². The molecule has 0 unspecified atom stereocenters. The lowest BCUT2D eigenvalue weighted by Crippen LogP contribution is -2.05. The van der Waals surface area contributed by atoms with Gasteiger partial charge in [-0.3, -0.25) is 0 Å². The molecule has 0 aliphatic heterocycles. The van der Waals surface area contributed by atoms with E-state index < -0.39 is 0 Å². The number of nitrogens with one attached hydrogen (secondary N) is 1. The van der Waals surface area contributed by atoms with Crippen LogP contribution in [-0.4, -0.2) is 17.1 Å². The minimum absolute atomic E-state index is 0.605. The maximum atomic E-state index is 5.72. The van der Waals surface area contributed by atoms with Crippen LogP contribution >= 0.6 is 0 Å². The Labute approximate surface area is 106 Å². The Morgan fingerprint density at radius 2 is 2.17 bits per heavy atom. The number of hydrogen-bond acceptors (Lipinski definition) is 5. The van der Waals surface area contributed by atoms with Gasteiger partial charge in [-0.15, -0.1) is 0 Å². The Kier molecular flexibility index (Phi) is 3.62. The summed E-state index contributed by atoms with van der Waals surface area (Å²) in [4.78, 5) is 8.48. The number of rotatable bonds is 4. The van der Waals surface area contributed by atoms with E-state index in [0.717, 1.165) is 17.1 Å². The Balaban J connectivity index is 2.09. The van der Waals surface area contributed by atoms with Gasteiger partial charge in [0.15, 0.2) is 0 Å². The number of aryl methyl sites for hydroxylation is 1. The zero-order valence-corrected chi connectivity index (χ0v) is 10.5. The Morgan fingerprint density at radius 3 is 2.89 bits per heavy atom. The lowest BCUT2D eigenvalue weighted by molar-refractivity contribution is 0.393. The van der Waals surface area contributed by atoms with Gasteiger partial charge in [0, 0.05) is 18.3 Å². The molecule has 2 aromatic heterocycles. The number of methoxy groups -OCH3 is 1. The first-order valence-electron chi connectivity index (χ1n) is 5.65. The summed E-state index contributed by atoms with van der Waals surface area (Å²) in [6.45, 7) is 2.48. The third-order valence-electron chi connectivity index (χ3n) is 2.63. The van der Waals surface area contributed by atoms with Gasteiger partial charge in [-0.1, -0.05) is 6.07 Å². The highest BCUT2D eigenvalue weighted by Crippen LogP contribution is 2.16. The molecule has 0 fully saturated rings. The van der Waals surface area contributed by atoms with Crippen LogP contribution in [-0.2, 0) is 6.54 Å². The molecule has 0 aliphatic carbocycles. The van der Waals surface area contributed by atoms with Crippen molar-refractivity contribution in [1.82, 2.24) is 9.97 Å². The van der Waals surface area contributed by atoms with Crippen LogP contribution in [0, 0.1) is 6.92 Å². The van der Waals surface area contributed by atoms with Gasteiger partial charge in [-0.25, -0.2) is 9.97 Å². The predicted octanol–water partition coefficient (Wildman–Crippen LogP) is 1.99. The molecule has 2 aromatic rings. The molecular formula is C13H16N4O. The van der Waals surface area contributed by atoms with Crippen molar-refractivity contribution >= 4 is 11.5 Å². The van der Waals surface area contributed by atoms with Crippen LogP contribution in [0.2, 0.25) is 0 Å². The van der Waals surface area contributed by atoms with Crippen molar-refractivity contribution in [2.24, 2.45) is 0 Å². The van der Waals surface area contributed by atoms with Crippen molar-refractivity contribution in [3.8, 4) is 5.88 Å². The van der Waals surface area contributed by atoms with E-state index in [1.54, 1.807) is 13.3 Å². The molecule has 0 radical (unpaired) electrons. The lowest BCUT2D eigenvalue weighted by atomic mass is 10.2. The maximum Gasteiger partial charge on any atom is 0.218 e. The average Bonchev–Trinajstić information content (AvgIpc) is 2.40. The minimum atomic E-state index is 0.605. The van der Waals surface area contributed by atoms with E-state index >= 15 is 0 Å². The summed E-state index contributed by atoms with van der Waals surface area (Å²) in [5, 5.41) is 3.22. The molecule has 2 rings (SSSR count). The molecule has 0 saturated heterocycles. The second-order valence-electron chi connectivity index (χ2n) is 3.90. The normalized spacial score (nSPS) is 10.1. The molecular weight excluding hydrogens is 228 g/mol. The fourth-order valence-electron chi connectivity index (χ4n) is 1.60. The molecule has 0 atom stereocenters. The predicted molar refractivity (Wildman–Crippen MR) is 71.5 cm³/mol. The Morgan fingerprint density at radius 1 is 1.33 bits per heavy atom. The summed E-state index contributed by atoms with van der Waals surface area (Å²) in [6.07, 6.45) is 1.70. The zero-order chi connectivity index (χ0) is 13.0. The highest BCUT2D eigenvalue weighted by atomic mass is 16.5. The number of pyridine rings is 2. The van der Waals surface area contributed by atoms with Gasteiger partial charge < -0.3 is 15.8 Å². The van der Waals surface area contributed by atoms with Gasteiger partial charge >= 0.3 is 0 Å². The maximum absolute atomic E-state index is 5.72. The number of nitrogens with zero attached hydrogens (tertiary/aromatic N) is 2. The number of nitrogen functional groups attached to an aromatic ring is 1. The molecule has 94 valence electrons. The van der Waals surface area contributed by atoms with Crippen LogP contribution in [0.15, 0.2) is 30.5 Å². The molecule has 0 aliphatic rings. The number of ether oxygens (including phenoxy) is 1. The highest BCUT2D eigenvalue weighted by molar-refractivity contribution is 5.49. The second-order valence-corrected chi connectivity index (χ2v) is 3.90. The fourth-order valence-corrected chi connectivity index (χ4v) is 1.60. The SMILES string of the molecule is COc1ncccc1CNc1ccc(N)c(C)n1. The monoisotopic (exact) mass is 244 g/mol. The highest BCUT2D eigenvalue weighted by Gasteiger charge is 2.04. The molecule has 0 aromatic carbocycles. The minimum Gasteiger partial charge on any atom is -0.481 e. The quantitative estimate of drug-likeness (QED) is 0.860. The number of anilines is 2. The van der Waals surface area contributed by atoms with Gasteiger partial charge in [0.1, 0.15) is 5.82 Å². The summed E-state index contributed by atoms with van der Waals surface area (Å²) in [7, 11) is 1.61. The molecule has 5 nitrogen and oxygen atoms in total. The van der Waals surface area contributed by atoms with Crippen molar-refractivity contribution in [2.45, 2.75) is 13.5 Å². The number of hydrogen-bond donors (Lipinski definition) is 2. The van der Waals surface area contributed by atoms with Crippen LogP contribution in [0.3, 0.4) is 0 Å². The number of aromatic nitrogens is 2. The molecule has 0 bridgehead atoms. The van der Waals surface area contributed by atoms with Crippen LogP contribution in [0.25, 0.3) is 0 Å². The van der Waals surface area contributed by atoms with E-state index in [4.69, 9.17) is 10.5 Å². The molecule has 5 heteroatoms. The standard InChI is InChI=1S/C13H16N4O/c1-9-11(14)5-6-12(17-9)16-8-10-4-3-7-15-13(10)18-2/h3-7H,8,14H2,1-2H3,(H,16,17). The average molecular weight is 244 g/mol. The third kappa shape index (κ3) is 2.68. The molecule has 0 saturated carbocycles. The second kappa shape index (κ2) is 5.35. The largest absolute Gasteiger partial charge is 0.481 e. The van der Waals surface area contributed by atoms with Crippen molar-refractivity contribution in [1.29, 1.82) is 0 Å². The van der Waals surface area contributed by atoms with Gasteiger partial charge in [-0.2, -0.15) is 0 Å². The summed E-state index contributed by atoms with van der Waals surface area (Å²) in [5.41, 5.74) is 8.22. The van der Waals surface area contributed by atoms with Crippen molar-refractivity contribution in [3.05, 3.63) is 41.7 Å². The molecule has 0 spiro atoms. The van der Waals surface area contributed by atoms with E-state index in [2.05, 4.69) is 15.3 Å². The fraction of sp³-hybridized carbons (Fsp3) is 0.231. The summed E-state index contributed by atoms with van der Waals surface area (Å²) in [5.74, 6) is 1.41. The van der Waals surface area contributed by atoms with Crippen LogP contribution in [0.1, 0.15) is 11.3 Å². The van der Waals surface area contributed by atoms with Crippen molar-refractivity contribution < 1.29 is 4.74 Å². The first-order valence-corrected chi connectivity index (χ1v) is 5.65. The summed E-state index contributed by atoms with van der Waals surface area (Å²) < 4.78 is 5.19. The van der Waals surface area contributed by atoms with Gasteiger partial charge in [-0.05, 0) is 25.1 Å². The van der Waals surface area contributed by atoms with Crippen molar-refractivity contribution in [3.63, 3.8) is 0 Å². The van der Waals surface area contributed by atoms with E-state index in [0.29, 0.717) is 18.1 Å². The molecule has 3 N–H and O–H groups in total. The van der Waals surface area contributed by atoms with E-state index in [-0.39, 0.29) is 0 Å². The Hall–Kier alpha value is -2.30. The smallest absolute Gasteiger partial charge is 0.218 e. The van der Waals surface area contributed by atoms with Gasteiger partial charge in [0.2, 0.25) is 5.88 Å². The van der Waals surface area contributed by atoms with Gasteiger partial charge in [0.25, 0.3) is 0 Å². The van der Waals surface area contributed by atoms with Crippen LogP contribution in [0.4, 0.5) is 11.5 Å². The summed E-state index contributed by atoms with van der Waals surface area (Å²) >= 11 is 0. The zero-order valence-electron chi connectivity index (χ0n) is 10.5. The van der Waals surface area contributed by atoms with E-state index in [9.17, 15) is 0 Å². The first-order chi connectivity index (χ1) is 8.70. The lowest BCUT2D eigenvalue weighted by Gasteiger charge is -2.09. The van der Waals surface area contributed by atoms with Gasteiger partial charge in [0.05, 0.1) is 18.5 Å². The number of nitrogens with two attached hydrogens (primary N) is 1.